The van der Waals surface area contributed by atoms with Crippen LogP contribution in [0, 0.1) is 5.41 Å². The van der Waals surface area contributed by atoms with E-state index in [-0.39, 0.29) is 18.3 Å². The van der Waals surface area contributed by atoms with E-state index < -0.39 is 11.4 Å². The Labute approximate surface area is 172 Å². The summed E-state index contributed by atoms with van der Waals surface area (Å²) >= 11 is 0. The summed E-state index contributed by atoms with van der Waals surface area (Å²) < 4.78 is 10.6. The second-order valence-electron chi connectivity index (χ2n) is 6.73. The molecule has 0 aromatic heterocycles. The minimum Gasteiger partial charge on any atom is -1.00 e. The summed E-state index contributed by atoms with van der Waals surface area (Å²) in [4.78, 5) is 27.8. The Kier molecular flexibility index (Phi) is 9.25. The highest BCUT2D eigenvalue weighted by Gasteiger charge is 2.51. The lowest BCUT2D eigenvalue weighted by Crippen LogP contribution is -3.00. The third-order valence-corrected chi connectivity index (χ3v) is 4.90. The van der Waals surface area contributed by atoms with Crippen LogP contribution < -0.4 is 37.5 Å². The van der Waals surface area contributed by atoms with Crippen LogP contribution in [0.1, 0.15) is 45.1 Å². The van der Waals surface area contributed by atoms with E-state index in [9.17, 15) is 9.59 Å². The minimum absolute atomic E-state index is 0. The average Bonchev–Trinajstić information content (AvgIpc) is 2.65. The van der Waals surface area contributed by atoms with Crippen molar-refractivity contribution in [1.29, 1.82) is 0 Å². The molecule has 0 aliphatic carbocycles. The molecular weight excluding hydrogens is 382 g/mol. The highest BCUT2D eigenvalue weighted by Crippen LogP contribution is 2.31. The zero-order valence-corrected chi connectivity index (χ0v) is 17.7. The molecule has 1 aliphatic heterocycles. The van der Waals surface area contributed by atoms with Crippen molar-refractivity contribution in [2.75, 3.05) is 20.8 Å². The zero-order valence-electron chi connectivity index (χ0n) is 17.0. The first-order valence-corrected chi connectivity index (χ1v) is 9.45. The molecule has 28 heavy (non-hydrogen) atoms. The van der Waals surface area contributed by atoms with Crippen LogP contribution in [0.4, 0.5) is 4.79 Å². The van der Waals surface area contributed by atoms with Gasteiger partial charge in [0.1, 0.15) is 5.41 Å². The molecule has 1 aromatic rings. The number of urea groups is 1. The van der Waals surface area contributed by atoms with E-state index in [1.807, 2.05) is 32.0 Å². The first kappa shape index (κ1) is 23.8. The summed E-state index contributed by atoms with van der Waals surface area (Å²) in [6.45, 7) is 4.68. The molecule has 8 heteroatoms. The summed E-state index contributed by atoms with van der Waals surface area (Å²) in [6.07, 6.45) is 3.79. The van der Waals surface area contributed by atoms with Crippen molar-refractivity contribution >= 4 is 17.8 Å². The van der Waals surface area contributed by atoms with Gasteiger partial charge in [0.25, 0.3) is 5.84 Å². The fourth-order valence-electron chi connectivity index (χ4n) is 3.64. The average molecular weight is 412 g/mol. The molecular formula is C20H30ClN3O4. The number of benzene rings is 1. The van der Waals surface area contributed by atoms with Gasteiger partial charge in [-0.25, -0.2) is 4.79 Å². The predicted molar refractivity (Wildman–Crippen MR) is 103 cm³/mol. The summed E-state index contributed by atoms with van der Waals surface area (Å²) in [5, 5.41) is 5.25. The maximum absolute atomic E-state index is 12.6. The van der Waals surface area contributed by atoms with Crippen LogP contribution in [-0.2, 0) is 11.2 Å². The number of hydrogen-bond donors (Lipinski definition) is 3. The predicted octanol–water partition coefficient (Wildman–Crippen LogP) is -1.84. The van der Waals surface area contributed by atoms with Crippen LogP contribution in [0.25, 0.3) is 0 Å². The molecule has 1 fully saturated rings. The normalized spacial score (nSPS) is 16.8. The van der Waals surface area contributed by atoms with Crippen molar-refractivity contribution in [2.24, 2.45) is 5.41 Å². The van der Waals surface area contributed by atoms with Gasteiger partial charge >= 0.3 is 6.03 Å². The molecule has 0 bridgehead atoms. The van der Waals surface area contributed by atoms with Crippen LogP contribution in [0.15, 0.2) is 18.2 Å². The van der Waals surface area contributed by atoms with Crippen molar-refractivity contribution in [3.8, 4) is 11.5 Å². The summed E-state index contributed by atoms with van der Waals surface area (Å²) in [5.74, 6) is 1.76. The molecule has 1 aliphatic rings. The number of carbonyl (C=O) groups excluding carboxylic acids is 2. The third-order valence-electron chi connectivity index (χ3n) is 4.90. The van der Waals surface area contributed by atoms with Crippen molar-refractivity contribution in [3.63, 3.8) is 0 Å². The highest BCUT2D eigenvalue weighted by molar-refractivity contribution is 6.19. The van der Waals surface area contributed by atoms with Gasteiger partial charge in [-0.1, -0.05) is 32.8 Å². The number of nitrogens with one attached hydrogen (secondary N) is 3. The largest absolute Gasteiger partial charge is 1.00 e. The van der Waals surface area contributed by atoms with Gasteiger partial charge in [0, 0.05) is 6.42 Å². The molecule has 0 radical (unpaired) electrons. The molecule has 0 atom stereocenters. The summed E-state index contributed by atoms with van der Waals surface area (Å²) in [5.41, 5.74) is 0.374. The van der Waals surface area contributed by atoms with Crippen molar-refractivity contribution in [2.45, 2.75) is 46.0 Å². The van der Waals surface area contributed by atoms with Gasteiger partial charge in [-0.3, -0.25) is 15.1 Å². The lowest BCUT2D eigenvalue weighted by Gasteiger charge is -2.32. The first-order chi connectivity index (χ1) is 13.0. The molecule has 2 rings (SSSR count). The van der Waals surface area contributed by atoms with E-state index >= 15 is 0 Å². The first-order valence-electron chi connectivity index (χ1n) is 9.45. The summed E-state index contributed by atoms with van der Waals surface area (Å²) in [6, 6.07) is 5.31. The monoisotopic (exact) mass is 411 g/mol. The number of hydrogen-bond acceptors (Lipinski definition) is 4. The Balaban J connectivity index is 0.00000392. The van der Waals surface area contributed by atoms with E-state index in [0.717, 1.165) is 24.8 Å². The number of amidine groups is 1. The fraction of sp³-hybridized carbons (Fsp3) is 0.550. The van der Waals surface area contributed by atoms with E-state index in [1.54, 1.807) is 14.2 Å². The van der Waals surface area contributed by atoms with Crippen molar-refractivity contribution in [3.05, 3.63) is 23.8 Å². The van der Waals surface area contributed by atoms with E-state index in [4.69, 9.17) is 9.47 Å². The molecule has 0 saturated carbocycles. The molecule has 0 unspecified atom stereocenters. The van der Waals surface area contributed by atoms with E-state index in [1.165, 1.54) is 0 Å². The standard InChI is InChI=1S/C20H29N3O4.ClH/c1-5-10-20(11-6-2)17(22-19(25)23-18(20)24)21-12-9-14-7-8-15(26-3)16(13-14)27-4;/h7-8,13H,5-6,9-12H2,1-4H3,(H2,21,22,23,24,25);1H. The third kappa shape index (κ3) is 5.16. The molecule has 156 valence electrons. The maximum atomic E-state index is 12.6. The minimum atomic E-state index is -0.699. The van der Waals surface area contributed by atoms with Crippen LogP contribution in [-0.4, -0.2) is 38.5 Å². The molecule has 3 amide bonds. The van der Waals surface area contributed by atoms with Gasteiger partial charge in [-0.05, 0) is 30.5 Å². The summed E-state index contributed by atoms with van der Waals surface area (Å²) in [7, 11) is 3.21. The highest BCUT2D eigenvalue weighted by atomic mass is 35.5. The molecule has 3 N–H and O–H groups in total. The molecule has 1 heterocycles. The Morgan fingerprint density at radius 1 is 1.00 bits per heavy atom. The Morgan fingerprint density at radius 2 is 1.64 bits per heavy atom. The lowest BCUT2D eigenvalue weighted by molar-refractivity contribution is -0.462. The van der Waals surface area contributed by atoms with Gasteiger partial charge < -0.3 is 21.9 Å². The zero-order chi connectivity index (χ0) is 19.9. The van der Waals surface area contributed by atoms with Gasteiger partial charge in [0.05, 0.1) is 20.8 Å². The lowest BCUT2D eigenvalue weighted by atomic mass is 9.76. The molecule has 0 spiro atoms. The maximum Gasteiger partial charge on any atom is 0.413 e. The molecule has 1 aromatic carbocycles. The Hall–Kier alpha value is -2.28. The fourth-order valence-corrected chi connectivity index (χ4v) is 3.64. The Bertz CT molecular complexity index is 715. The quantitative estimate of drug-likeness (QED) is 0.445. The van der Waals surface area contributed by atoms with Gasteiger partial charge in [-0.15, -0.1) is 0 Å². The smallest absolute Gasteiger partial charge is 0.413 e. The van der Waals surface area contributed by atoms with Gasteiger partial charge in [-0.2, -0.15) is 5.32 Å². The topological polar surface area (TPSA) is 90.6 Å². The van der Waals surface area contributed by atoms with Crippen molar-refractivity contribution in [1.82, 2.24) is 10.6 Å². The van der Waals surface area contributed by atoms with Gasteiger partial charge in [0.2, 0.25) is 5.91 Å². The number of imide groups is 1. The number of methoxy groups -OCH3 is 2. The Morgan fingerprint density at radius 3 is 2.21 bits per heavy atom. The van der Waals surface area contributed by atoms with Crippen molar-refractivity contribution < 1.29 is 36.5 Å². The van der Waals surface area contributed by atoms with Crippen LogP contribution >= 0.6 is 0 Å². The molecule has 7 nitrogen and oxygen atoms in total. The number of halogens is 1. The second kappa shape index (κ2) is 10.9. The van der Waals surface area contributed by atoms with E-state index in [0.29, 0.717) is 36.7 Å². The number of ether oxygens (including phenoxy) is 2. The van der Waals surface area contributed by atoms with E-state index in [2.05, 4.69) is 15.6 Å². The number of amides is 3. The number of carbonyl (C=O) groups is 2. The van der Waals surface area contributed by atoms with Crippen LogP contribution in [0.3, 0.4) is 0 Å². The SMILES string of the molecule is CCCC1(CCC)C(=O)NC(=O)NC1=[NH+]CCc1ccc(OC)c(OC)c1.[Cl-]. The van der Waals surface area contributed by atoms with Crippen LogP contribution in [0.2, 0.25) is 0 Å². The molecule has 1 saturated heterocycles. The van der Waals surface area contributed by atoms with Gasteiger partial charge in [0.15, 0.2) is 11.5 Å². The second-order valence-corrected chi connectivity index (χ2v) is 6.73. The number of rotatable bonds is 9. The van der Waals surface area contributed by atoms with Crippen LogP contribution in [0.5, 0.6) is 11.5 Å².